The topological polar surface area (TPSA) is 102 Å². The van der Waals surface area contributed by atoms with Crippen LogP contribution >= 0.6 is 0 Å². The first-order valence-corrected chi connectivity index (χ1v) is 10.4. The van der Waals surface area contributed by atoms with Gasteiger partial charge in [-0.2, -0.15) is 0 Å². The van der Waals surface area contributed by atoms with E-state index in [1.807, 2.05) is 26.0 Å². The number of carbonyl (C=O) groups excluding carboxylic acids is 1. The van der Waals surface area contributed by atoms with E-state index in [9.17, 15) is 4.79 Å². The van der Waals surface area contributed by atoms with E-state index in [0.717, 1.165) is 53.4 Å². The maximum Gasteiger partial charge on any atom is 0.270 e. The predicted octanol–water partition coefficient (Wildman–Crippen LogP) is 3.70. The molecule has 162 valence electrons. The number of nitrogens with two attached hydrogens (primary N) is 1. The number of aromatic amines is 1. The number of ether oxygens (including phenoxy) is 2. The summed E-state index contributed by atoms with van der Waals surface area (Å²) in [6.07, 6.45) is 4.27. The Labute approximate surface area is 177 Å². The highest BCUT2D eigenvalue weighted by atomic mass is 16.5. The number of hydrogen-bond donors (Lipinski definition) is 3. The van der Waals surface area contributed by atoms with Crippen LogP contribution in [-0.4, -0.2) is 43.9 Å². The van der Waals surface area contributed by atoms with Gasteiger partial charge >= 0.3 is 0 Å². The molecule has 30 heavy (non-hydrogen) atoms. The van der Waals surface area contributed by atoms with E-state index >= 15 is 0 Å². The minimum absolute atomic E-state index is 0.126. The highest BCUT2D eigenvalue weighted by molar-refractivity contribution is 6.06. The first-order chi connectivity index (χ1) is 14.4. The van der Waals surface area contributed by atoms with Crippen molar-refractivity contribution in [3.8, 4) is 11.5 Å². The Bertz CT molecular complexity index is 968. The number of amides is 1. The summed E-state index contributed by atoms with van der Waals surface area (Å²) >= 11 is 0. The van der Waals surface area contributed by atoms with Gasteiger partial charge in [0.05, 0.1) is 19.7 Å². The SMILES string of the molecule is C=N/C(C(=O)NC1CCC(N)CC1)=C(/CC)c1c(C)[nH]c2cc(OC)c(OC)cc12. The fourth-order valence-corrected chi connectivity index (χ4v) is 4.33. The average Bonchev–Trinajstić information content (AvgIpc) is 3.06. The van der Waals surface area contributed by atoms with Gasteiger partial charge in [-0.25, -0.2) is 0 Å². The van der Waals surface area contributed by atoms with Crippen LogP contribution < -0.4 is 20.5 Å². The van der Waals surface area contributed by atoms with Gasteiger partial charge in [-0.1, -0.05) is 6.92 Å². The predicted molar refractivity (Wildman–Crippen MR) is 121 cm³/mol. The molecule has 1 fully saturated rings. The zero-order valence-electron chi connectivity index (χ0n) is 18.3. The summed E-state index contributed by atoms with van der Waals surface area (Å²) < 4.78 is 10.9. The lowest BCUT2D eigenvalue weighted by Crippen LogP contribution is -2.41. The van der Waals surface area contributed by atoms with Crippen molar-refractivity contribution >= 4 is 29.1 Å². The van der Waals surface area contributed by atoms with Crippen LogP contribution in [-0.2, 0) is 4.79 Å². The number of aromatic nitrogens is 1. The minimum Gasteiger partial charge on any atom is -0.493 e. The maximum absolute atomic E-state index is 13.1. The molecule has 1 heterocycles. The van der Waals surface area contributed by atoms with Gasteiger partial charge in [-0.15, -0.1) is 0 Å². The highest BCUT2D eigenvalue weighted by Crippen LogP contribution is 2.39. The Morgan fingerprint density at radius 2 is 1.87 bits per heavy atom. The zero-order chi connectivity index (χ0) is 21.8. The van der Waals surface area contributed by atoms with Crippen molar-refractivity contribution in [3.05, 3.63) is 29.1 Å². The molecule has 1 saturated carbocycles. The van der Waals surface area contributed by atoms with E-state index in [0.29, 0.717) is 23.6 Å². The minimum atomic E-state index is -0.184. The Morgan fingerprint density at radius 1 is 1.23 bits per heavy atom. The van der Waals surface area contributed by atoms with Crippen molar-refractivity contribution in [1.82, 2.24) is 10.3 Å². The second kappa shape index (κ2) is 9.34. The number of nitrogens with zero attached hydrogens (tertiary/aromatic N) is 1. The molecule has 1 aliphatic rings. The summed E-state index contributed by atoms with van der Waals surface area (Å²) in [5.74, 6) is 1.10. The van der Waals surface area contributed by atoms with Gasteiger partial charge in [0, 0.05) is 34.8 Å². The quantitative estimate of drug-likeness (QED) is 0.477. The molecule has 0 unspecified atom stereocenters. The first-order valence-electron chi connectivity index (χ1n) is 10.4. The van der Waals surface area contributed by atoms with Crippen LogP contribution in [0.15, 0.2) is 22.8 Å². The fraction of sp³-hybridized carbons (Fsp3) is 0.478. The lowest BCUT2D eigenvalue weighted by atomic mass is 9.91. The standard InChI is InChI=1S/C23H32N4O3/c1-6-16(22(25-3)23(28)27-15-9-7-14(24)8-10-15)21-13(2)26-18-12-20(30-5)19(29-4)11-17(18)21/h11-12,14-15,26H,3,6-10,24H2,1-2,4-5H3,(H,27,28)/b22-16-. The number of nitrogens with one attached hydrogen (secondary N) is 2. The van der Waals surface area contributed by atoms with Crippen LogP contribution in [0.5, 0.6) is 11.5 Å². The summed E-state index contributed by atoms with van der Waals surface area (Å²) in [7, 11) is 3.22. The molecule has 3 rings (SSSR count). The van der Waals surface area contributed by atoms with E-state index < -0.39 is 0 Å². The van der Waals surface area contributed by atoms with E-state index in [1.54, 1.807) is 14.2 Å². The largest absolute Gasteiger partial charge is 0.493 e. The lowest BCUT2D eigenvalue weighted by Gasteiger charge is -2.27. The van der Waals surface area contributed by atoms with E-state index in [-0.39, 0.29) is 18.0 Å². The molecule has 1 aromatic heterocycles. The van der Waals surface area contributed by atoms with Gasteiger partial charge < -0.3 is 25.5 Å². The maximum atomic E-state index is 13.1. The van der Waals surface area contributed by atoms with E-state index in [2.05, 4.69) is 22.0 Å². The van der Waals surface area contributed by atoms with Crippen molar-refractivity contribution < 1.29 is 14.3 Å². The summed E-state index contributed by atoms with van der Waals surface area (Å²) in [5.41, 5.74) is 10.0. The number of rotatable bonds is 7. The Balaban J connectivity index is 2.04. The Kier molecular flexibility index (Phi) is 6.82. The van der Waals surface area contributed by atoms with Crippen molar-refractivity contribution in [2.75, 3.05) is 14.2 Å². The van der Waals surface area contributed by atoms with Gasteiger partial charge in [0.1, 0.15) is 5.70 Å². The second-order valence-corrected chi connectivity index (χ2v) is 7.80. The number of fused-ring (bicyclic) bond motifs is 1. The smallest absolute Gasteiger partial charge is 0.270 e. The zero-order valence-corrected chi connectivity index (χ0v) is 18.3. The van der Waals surface area contributed by atoms with Crippen LogP contribution in [0.4, 0.5) is 0 Å². The lowest BCUT2D eigenvalue weighted by molar-refractivity contribution is -0.118. The highest BCUT2D eigenvalue weighted by Gasteiger charge is 2.25. The molecule has 0 bridgehead atoms. The molecule has 0 atom stereocenters. The third kappa shape index (κ3) is 4.21. The van der Waals surface area contributed by atoms with E-state index in [4.69, 9.17) is 15.2 Å². The van der Waals surface area contributed by atoms with Crippen molar-refractivity contribution in [1.29, 1.82) is 0 Å². The van der Waals surface area contributed by atoms with Gasteiger partial charge in [-0.3, -0.25) is 9.79 Å². The number of allylic oxidation sites excluding steroid dienone is 1. The Hall–Kier alpha value is -2.80. The first kappa shape index (κ1) is 21.9. The number of aliphatic imine (C=N–C) groups is 1. The van der Waals surface area contributed by atoms with E-state index in [1.165, 1.54) is 0 Å². The summed E-state index contributed by atoms with van der Waals surface area (Å²) in [5, 5.41) is 4.09. The van der Waals surface area contributed by atoms with Crippen molar-refractivity contribution in [2.24, 2.45) is 10.7 Å². The average molecular weight is 413 g/mol. The van der Waals surface area contributed by atoms with Gasteiger partial charge in [0.15, 0.2) is 11.5 Å². The molecule has 7 nitrogen and oxygen atoms in total. The summed E-state index contributed by atoms with van der Waals surface area (Å²) in [4.78, 5) is 20.6. The van der Waals surface area contributed by atoms with Gasteiger partial charge in [0.25, 0.3) is 5.91 Å². The third-order valence-electron chi connectivity index (χ3n) is 5.91. The number of methoxy groups -OCH3 is 2. The number of H-pyrrole nitrogens is 1. The third-order valence-corrected chi connectivity index (χ3v) is 5.91. The molecule has 2 aromatic rings. The molecule has 0 aliphatic heterocycles. The molecule has 0 spiro atoms. The fourth-order valence-electron chi connectivity index (χ4n) is 4.33. The van der Waals surface area contributed by atoms with Crippen LogP contribution in [0.25, 0.3) is 16.5 Å². The van der Waals surface area contributed by atoms with Gasteiger partial charge in [-0.05, 0) is 57.4 Å². The van der Waals surface area contributed by atoms with Crippen LogP contribution in [0, 0.1) is 6.92 Å². The van der Waals surface area contributed by atoms with Crippen molar-refractivity contribution in [2.45, 2.75) is 58.0 Å². The molecule has 0 saturated heterocycles. The number of carbonyl (C=O) groups is 1. The van der Waals surface area contributed by atoms with Crippen LogP contribution in [0.3, 0.4) is 0 Å². The molecule has 1 amide bonds. The Morgan fingerprint density at radius 3 is 2.43 bits per heavy atom. The molecule has 4 N–H and O–H groups in total. The summed E-state index contributed by atoms with van der Waals surface area (Å²) in [6, 6.07) is 4.20. The molecule has 1 aliphatic carbocycles. The molecular weight excluding hydrogens is 380 g/mol. The van der Waals surface area contributed by atoms with Crippen molar-refractivity contribution in [3.63, 3.8) is 0 Å². The van der Waals surface area contributed by atoms with Crippen LogP contribution in [0.1, 0.15) is 50.3 Å². The molecule has 0 radical (unpaired) electrons. The molecule has 1 aromatic carbocycles. The monoisotopic (exact) mass is 412 g/mol. The molecular formula is C23H32N4O3. The number of hydrogen-bond acceptors (Lipinski definition) is 5. The summed E-state index contributed by atoms with van der Waals surface area (Å²) in [6.45, 7) is 7.70. The van der Waals surface area contributed by atoms with Crippen LogP contribution in [0.2, 0.25) is 0 Å². The second-order valence-electron chi connectivity index (χ2n) is 7.80. The normalized spacial score (nSPS) is 19.9. The molecule has 7 heteroatoms. The number of aryl methyl sites for hydroxylation is 1. The van der Waals surface area contributed by atoms with Gasteiger partial charge in [0.2, 0.25) is 0 Å². The number of benzene rings is 1.